The number of aromatic nitrogens is 2. The number of para-hydroxylation sites is 2. The van der Waals surface area contributed by atoms with E-state index in [1.54, 1.807) is 11.6 Å². The van der Waals surface area contributed by atoms with E-state index >= 15 is 0 Å². The van der Waals surface area contributed by atoms with Crippen molar-refractivity contribution in [1.82, 2.24) is 9.13 Å². The van der Waals surface area contributed by atoms with E-state index in [0.29, 0.717) is 0 Å². The standard InChI is InChI=1S/C14H15N3O3/c1-10(9-15)20-13(18)7-8-17-12-6-4-3-5-11(12)16(2)14(17)19/h3-6,10H,7-8H2,1-2H3. The van der Waals surface area contributed by atoms with E-state index in [2.05, 4.69) is 0 Å². The number of benzene rings is 1. The molecule has 2 aromatic rings. The average Bonchev–Trinajstić information content (AvgIpc) is 2.69. The van der Waals surface area contributed by atoms with Gasteiger partial charge >= 0.3 is 11.7 Å². The second-order valence-electron chi connectivity index (χ2n) is 4.49. The molecule has 20 heavy (non-hydrogen) atoms. The summed E-state index contributed by atoms with van der Waals surface area (Å²) in [5, 5.41) is 8.57. The molecule has 1 aromatic heterocycles. The van der Waals surface area contributed by atoms with Crippen molar-refractivity contribution < 1.29 is 9.53 Å². The highest BCUT2D eigenvalue weighted by Crippen LogP contribution is 2.12. The van der Waals surface area contributed by atoms with E-state index in [4.69, 9.17) is 10.00 Å². The van der Waals surface area contributed by atoms with E-state index in [1.807, 2.05) is 30.3 Å². The van der Waals surface area contributed by atoms with Crippen molar-refractivity contribution in [2.24, 2.45) is 7.05 Å². The second kappa shape index (κ2) is 5.61. The minimum absolute atomic E-state index is 0.0555. The van der Waals surface area contributed by atoms with E-state index in [0.717, 1.165) is 11.0 Å². The fourth-order valence-corrected chi connectivity index (χ4v) is 2.06. The second-order valence-corrected chi connectivity index (χ2v) is 4.49. The van der Waals surface area contributed by atoms with Gasteiger partial charge in [-0.15, -0.1) is 0 Å². The lowest BCUT2D eigenvalue weighted by Crippen LogP contribution is -2.24. The third-order valence-corrected chi connectivity index (χ3v) is 3.08. The molecule has 6 heteroatoms. The normalized spacial score (nSPS) is 12.1. The Hall–Kier alpha value is -2.55. The number of rotatable bonds is 4. The first-order valence-corrected chi connectivity index (χ1v) is 6.28. The number of hydrogen-bond donors (Lipinski definition) is 0. The summed E-state index contributed by atoms with van der Waals surface area (Å²) in [6.45, 7) is 1.74. The Morgan fingerprint density at radius 2 is 2.05 bits per heavy atom. The molecule has 1 aromatic carbocycles. The first kappa shape index (κ1) is 13.9. The summed E-state index contributed by atoms with van der Waals surface area (Å²) >= 11 is 0. The van der Waals surface area contributed by atoms with Crippen molar-refractivity contribution in [3.05, 3.63) is 34.7 Å². The van der Waals surface area contributed by atoms with Gasteiger partial charge in [-0.3, -0.25) is 13.9 Å². The number of ether oxygens (including phenoxy) is 1. The van der Waals surface area contributed by atoms with Crippen LogP contribution in [0.3, 0.4) is 0 Å². The first-order chi connectivity index (χ1) is 9.54. The number of imidazole rings is 1. The molecule has 0 fully saturated rings. The Morgan fingerprint density at radius 3 is 2.70 bits per heavy atom. The zero-order valence-corrected chi connectivity index (χ0v) is 11.4. The Morgan fingerprint density at radius 1 is 1.40 bits per heavy atom. The van der Waals surface area contributed by atoms with Gasteiger partial charge in [-0.2, -0.15) is 5.26 Å². The van der Waals surface area contributed by atoms with Crippen molar-refractivity contribution in [3.8, 4) is 6.07 Å². The van der Waals surface area contributed by atoms with Gasteiger partial charge in [0.15, 0.2) is 6.10 Å². The molecule has 1 heterocycles. The van der Waals surface area contributed by atoms with Crippen molar-refractivity contribution >= 4 is 17.0 Å². The summed E-state index contributed by atoms with van der Waals surface area (Å²) in [4.78, 5) is 23.6. The summed E-state index contributed by atoms with van der Waals surface area (Å²) in [6, 6.07) is 9.20. The molecule has 0 amide bonds. The molecule has 1 unspecified atom stereocenters. The minimum Gasteiger partial charge on any atom is -0.447 e. The predicted octanol–water partition coefficient (Wildman–Crippen LogP) is 1.19. The molecule has 6 nitrogen and oxygen atoms in total. The smallest absolute Gasteiger partial charge is 0.328 e. The Bertz CT molecular complexity index is 736. The summed E-state index contributed by atoms with van der Waals surface area (Å²) in [7, 11) is 1.69. The molecule has 1 atom stereocenters. The van der Waals surface area contributed by atoms with Gasteiger partial charge in [0.2, 0.25) is 0 Å². The lowest BCUT2D eigenvalue weighted by Gasteiger charge is -2.06. The Kier molecular flexibility index (Phi) is 3.89. The molecule has 0 aliphatic rings. The number of carbonyl (C=O) groups is 1. The van der Waals surface area contributed by atoms with Crippen LogP contribution in [0.5, 0.6) is 0 Å². The van der Waals surface area contributed by atoms with Crippen LogP contribution in [0.2, 0.25) is 0 Å². The maximum Gasteiger partial charge on any atom is 0.328 e. The molecule has 0 aliphatic carbocycles. The van der Waals surface area contributed by atoms with Crippen LogP contribution >= 0.6 is 0 Å². The average molecular weight is 273 g/mol. The Labute approximate surface area is 115 Å². The monoisotopic (exact) mass is 273 g/mol. The number of aryl methyl sites for hydroxylation is 2. The minimum atomic E-state index is -0.772. The molecule has 0 saturated carbocycles. The number of carbonyl (C=O) groups excluding carboxylic acids is 1. The fraction of sp³-hybridized carbons (Fsp3) is 0.357. The molecule has 104 valence electrons. The van der Waals surface area contributed by atoms with E-state index in [9.17, 15) is 9.59 Å². The summed E-state index contributed by atoms with van der Waals surface area (Å²) in [6.07, 6.45) is -0.716. The number of hydrogen-bond acceptors (Lipinski definition) is 4. The summed E-state index contributed by atoms with van der Waals surface area (Å²) < 4.78 is 7.93. The zero-order valence-electron chi connectivity index (χ0n) is 11.4. The molecule has 0 aliphatic heterocycles. The van der Waals surface area contributed by atoms with Crippen LogP contribution in [0.1, 0.15) is 13.3 Å². The van der Waals surface area contributed by atoms with E-state index in [-0.39, 0.29) is 18.7 Å². The van der Waals surface area contributed by atoms with Gasteiger partial charge in [-0.25, -0.2) is 4.79 Å². The first-order valence-electron chi connectivity index (χ1n) is 6.28. The summed E-state index contributed by atoms with van der Waals surface area (Å²) in [5.41, 5.74) is 1.42. The molecule has 0 saturated heterocycles. The van der Waals surface area contributed by atoms with E-state index in [1.165, 1.54) is 11.5 Å². The van der Waals surface area contributed by atoms with Gasteiger partial charge in [0.25, 0.3) is 0 Å². The van der Waals surface area contributed by atoms with Gasteiger partial charge in [-0.05, 0) is 19.1 Å². The SMILES string of the molecule is CC(C#N)OC(=O)CCn1c(=O)n(C)c2ccccc21. The number of nitrogens with zero attached hydrogens (tertiary/aromatic N) is 3. The largest absolute Gasteiger partial charge is 0.447 e. The maximum atomic E-state index is 12.1. The van der Waals surface area contributed by atoms with Gasteiger partial charge in [0.05, 0.1) is 17.5 Å². The lowest BCUT2D eigenvalue weighted by atomic mass is 10.3. The third-order valence-electron chi connectivity index (χ3n) is 3.08. The Balaban J connectivity index is 2.19. The van der Waals surface area contributed by atoms with Crippen LogP contribution < -0.4 is 5.69 Å². The molecule has 0 bridgehead atoms. The van der Waals surface area contributed by atoms with Gasteiger partial charge in [-0.1, -0.05) is 12.1 Å². The lowest BCUT2D eigenvalue weighted by molar-refractivity contribution is -0.146. The van der Waals surface area contributed by atoms with Crippen molar-refractivity contribution in [2.45, 2.75) is 26.0 Å². The molecular formula is C14H15N3O3. The molecule has 0 radical (unpaired) electrons. The third kappa shape index (κ3) is 2.57. The molecule has 0 spiro atoms. The highest BCUT2D eigenvalue weighted by atomic mass is 16.5. The van der Waals surface area contributed by atoms with Crippen molar-refractivity contribution in [3.63, 3.8) is 0 Å². The van der Waals surface area contributed by atoms with Crippen LogP contribution in [0, 0.1) is 11.3 Å². The molecular weight excluding hydrogens is 258 g/mol. The highest BCUT2D eigenvalue weighted by molar-refractivity contribution is 5.76. The van der Waals surface area contributed by atoms with Gasteiger partial charge in [0.1, 0.15) is 6.07 Å². The topological polar surface area (TPSA) is 77.0 Å². The summed E-state index contributed by atoms with van der Waals surface area (Å²) in [5.74, 6) is -0.487. The molecule has 0 N–H and O–H groups in total. The number of esters is 1. The number of fused-ring (bicyclic) bond motifs is 1. The van der Waals surface area contributed by atoms with Gasteiger partial charge in [0, 0.05) is 13.6 Å². The van der Waals surface area contributed by atoms with Crippen LogP contribution in [0.15, 0.2) is 29.1 Å². The van der Waals surface area contributed by atoms with Crippen LogP contribution in [0.4, 0.5) is 0 Å². The van der Waals surface area contributed by atoms with Crippen LogP contribution in [0.25, 0.3) is 11.0 Å². The van der Waals surface area contributed by atoms with Crippen LogP contribution in [-0.4, -0.2) is 21.2 Å². The predicted molar refractivity (Wildman–Crippen MR) is 73.0 cm³/mol. The maximum absolute atomic E-state index is 12.1. The van der Waals surface area contributed by atoms with Crippen LogP contribution in [-0.2, 0) is 23.1 Å². The fourth-order valence-electron chi connectivity index (χ4n) is 2.06. The highest BCUT2D eigenvalue weighted by Gasteiger charge is 2.13. The zero-order chi connectivity index (χ0) is 14.7. The van der Waals surface area contributed by atoms with Gasteiger partial charge < -0.3 is 4.74 Å². The van der Waals surface area contributed by atoms with Crippen molar-refractivity contribution in [2.75, 3.05) is 0 Å². The molecule has 2 rings (SSSR count). The quantitative estimate of drug-likeness (QED) is 0.784. The van der Waals surface area contributed by atoms with Crippen molar-refractivity contribution in [1.29, 1.82) is 5.26 Å². The van der Waals surface area contributed by atoms with E-state index < -0.39 is 12.1 Å². The number of nitriles is 1.